The molecule has 25 heavy (non-hydrogen) atoms. The molecule has 1 heterocycles. The van der Waals surface area contributed by atoms with E-state index < -0.39 is 0 Å². The molecule has 0 atom stereocenters. The minimum absolute atomic E-state index is 0.198. The smallest absolute Gasteiger partial charge is 0.238 e. The van der Waals surface area contributed by atoms with Crippen molar-refractivity contribution in [3.63, 3.8) is 0 Å². The highest BCUT2D eigenvalue weighted by Crippen LogP contribution is 2.31. The lowest BCUT2D eigenvalue weighted by molar-refractivity contribution is -0.120. The summed E-state index contributed by atoms with van der Waals surface area (Å²) in [6.45, 7) is 2.87. The number of hydrazine groups is 1. The van der Waals surface area contributed by atoms with Crippen LogP contribution in [-0.4, -0.2) is 17.6 Å². The molecule has 3 N–H and O–H groups in total. The number of rotatable bonds is 6. The van der Waals surface area contributed by atoms with E-state index in [1.54, 1.807) is 7.11 Å². The maximum absolute atomic E-state index is 11.9. The lowest BCUT2D eigenvalue weighted by Crippen LogP contribution is -2.31. The Hall–Kier alpha value is -2.79. The molecule has 0 bridgehead atoms. The van der Waals surface area contributed by atoms with Gasteiger partial charge in [0.05, 0.1) is 13.5 Å². The van der Waals surface area contributed by atoms with E-state index in [1.165, 1.54) is 5.56 Å². The molecule has 130 valence electrons. The first-order valence-corrected chi connectivity index (χ1v) is 8.39. The largest absolute Gasteiger partial charge is 0.497 e. The molecule has 0 radical (unpaired) electrons. The van der Waals surface area contributed by atoms with Crippen molar-refractivity contribution in [2.75, 3.05) is 7.11 Å². The Balaban J connectivity index is 2.18. The molecule has 1 aromatic heterocycles. The molecular formula is C20H23N3O2. The fourth-order valence-corrected chi connectivity index (χ4v) is 3.34. The molecule has 0 aliphatic heterocycles. The van der Waals surface area contributed by atoms with Crippen molar-refractivity contribution in [3.8, 4) is 5.75 Å². The number of carbonyl (C=O) groups excluding carboxylic acids is 1. The number of aromatic nitrogens is 1. The SMILES string of the molecule is CCc1c(CC(=O)NN)c2cc(OC)ccc2n1Cc1ccccc1. The van der Waals surface area contributed by atoms with Crippen LogP contribution in [-0.2, 0) is 24.2 Å². The lowest BCUT2D eigenvalue weighted by Gasteiger charge is -2.11. The molecule has 3 aromatic rings. The van der Waals surface area contributed by atoms with Gasteiger partial charge in [-0.2, -0.15) is 0 Å². The summed E-state index contributed by atoms with van der Waals surface area (Å²) in [6, 6.07) is 16.3. The minimum atomic E-state index is -0.198. The number of hydrogen-bond donors (Lipinski definition) is 2. The second-order valence-corrected chi connectivity index (χ2v) is 5.98. The second-order valence-electron chi connectivity index (χ2n) is 5.98. The molecule has 5 heteroatoms. The Morgan fingerprint density at radius 2 is 1.96 bits per heavy atom. The van der Waals surface area contributed by atoms with E-state index in [-0.39, 0.29) is 12.3 Å². The molecule has 1 amide bonds. The van der Waals surface area contributed by atoms with E-state index in [0.29, 0.717) is 0 Å². The van der Waals surface area contributed by atoms with Gasteiger partial charge in [-0.05, 0) is 35.7 Å². The molecule has 2 aromatic carbocycles. The van der Waals surface area contributed by atoms with Crippen LogP contribution in [0.1, 0.15) is 23.7 Å². The van der Waals surface area contributed by atoms with Gasteiger partial charge in [0.2, 0.25) is 5.91 Å². The third kappa shape index (κ3) is 3.37. The third-order valence-corrected chi connectivity index (χ3v) is 4.51. The number of nitrogens with two attached hydrogens (primary N) is 1. The van der Waals surface area contributed by atoms with Gasteiger partial charge in [-0.3, -0.25) is 10.2 Å². The zero-order chi connectivity index (χ0) is 17.8. The van der Waals surface area contributed by atoms with E-state index in [9.17, 15) is 4.79 Å². The normalized spacial score (nSPS) is 10.8. The summed E-state index contributed by atoms with van der Waals surface area (Å²) in [5, 5.41) is 1.04. The van der Waals surface area contributed by atoms with Crippen LogP contribution in [0.3, 0.4) is 0 Å². The summed E-state index contributed by atoms with van der Waals surface area (Å²) in [5.41, 5.74) is 6.72. The number of nitrogens with zero attached hydrogens (tertiary/aromatic N) is 1. The van der Waals surface area contributed by atoms with E-state index in [4.69, 9.17) is 10.6 Å². The standard InChI is InChI=1S/C20H23N3O2/c1-3-18-17(12-20(24)22-21)16-11-15(25-2)9-10-19(16)23(18)13-14-7-5-4-6-8-14/h4-11H,3,12-13,21H2,1-2H3,(H,22,24). The Labute approximate surface area is 147 Å². The number of hydrogen-bond acceptors (Lipinski definition) is 3. The summed E-state index contributed by atoms with van der Waals surface area (Å²) in [6.07, 6.45) is 1.09. The number of benzene rings is 2. The summed E-state index contributed by atoms with van der Waals surface area (Å²) in [5.74, 6) is 5.89. The summed E-state index contributed by atoms with van der Waals surface area (Å²) < 4.78 is 7.66. The average molecular weight is 337 g/mol. The average Bonchev–Trinajstić information content (AvgIpc) is 2.94. The first kappa shape index (κ1) is 17.0. The first-order chi connectivity index (χ1) is 12.2. The first-order valence-electron chi connectivity index (χ1n) is 8.39. The van der Waals surface area contributed by atoms with Gasteiger partial charge in [-0.1, -0.05) is 37.3 Å². The number of nitrogens with one attached hydrogen (secondary N) is 1. The summed E-state index contributed by atoms with van der Waals surface area (Å²) in [7, 11) is 1.65. The van der Waals surface area contributed by atoms with Gasteiger partial charge >= 0.3 is 0 Å². The second kappa shape index (κ2) is 7.40. The van der Waals surface area contributed by atoms with E-state index >= 15 is 0 Å². The molecule has 0 fully saturated rings. The predicted molar refractivity (Wildman–Crippen MR) is 99.4 cm³/mol. The van der Waals surface area contributed by atoms with Crippen molar-refractivity contribution in [3.05, 3.63) is 65.4 Å². The van der Waals surface area contributed by atoms with E-state index in [2.05, 4.69) is 35.1 Å². The van der Waals surface area contributed by atoms with Crippen molar-refractivity contribution in [2.45, 2.75) is 26.3 Å². The quantitative estimate of drug-likeness (QED) is 0.413. The maximum atomic E-state index is 11.9. The predicted octanol–water partition coefficient (Wildman–Crippen LogP) is 2.79. The molecular weight excluding hydrogens is 314 g/mol. The van der Waals surface area contributed by atoms with Crippen LogP contribution >= 0.6 is 0 Å². The van der Waals surface area contributed by atoms with Crippen molar-refractivity contribution in [1.29, 1.82) is 0 Å². The molecule has 0 saturated heterocycles. The number of carbonyl (C=O) groups is 1. The van der Waals surface area contributed by atoms with Crippen LogP contribution in [0.15, 0.2) is 48.5 Å². The van der Waals surface area contributed by atoms with Gasteiger partial charge in [0, 0.05) is 23.1 Å². The molecule has 5 nitrogen and oxygen atoms in total. The van der Waals surface area contributed by atoms with Crippen LogP contribution in [0, 0.1) is 0 Å². The number of fused-ring (bicyclic) bond motifs is 1. The fourth-order valence-electron chi connectivity index (χ4n) is 3.34. The summed E-state index contributed by atoms with van der Waals surface area (Å²) in [4.78, 5) is 11.9. The van der Waals surface area contributed by atoms with Gasteiger partial charge < -0.3 is 9.30 Å². The van der Waals surface area contributed by atoms with E-state index in [1.807, 2.05) is 30.3 Å². The summed E-state index contributed by atoms with van der Waals surface area (Å²) >= 11 is 0. The lowest BCUT2D eigenvalue weighted by atomic mass is 10.1. The third-order valence-electron chi connectivity index (χ3n) is 4.51. The van der Waals surface area contributed by atoms with Crippen molar-refractivity contribution < 1.29 is 9.53 Å². The van der Waals surface area contributed by atoms with Gasteiger partial charge in [0.15, 0.2) is 0 Å². The Morgan fingerprint density at radius 1 is 1.20 bits per heavy atom. The highest BCUT2D eigenvalue weighted by atomic mass is 16.5. The Kier molecular flexibility index (Phi) is 5.05. The molecule has 0 aliphatic rings. The van der Waals surface area contributed by atoms with Crippen LogP contribution in [0.4, 0.5) is 0 Å². The number of ether oxygens (including phenoxy) is 1. The van der Waals surface area contributed by atoms with Gasteiger partial charge in [-0.15, -0.1) is 0 Å². The Morgan fingerprint density at radius 3 is 2.60 bits per heavy atom. The molecule has 0 aliphatic carbocycles. The van der Waals surface area contributed by atoms with Crippen LogP contribution in [0.2, 0.25) is 0 Å². The topological polar surface area (TPSA) is 69.3 Å². The van der Waals surface area contributed by atoms with Crippen molar-refractivity contribution >= 4 is 16.8 Å². The van der Waals surface area contributed by atoms with Crippen molar-refractivity contribution in [1.82, 2.24) is 9.99 Å². The molecule has 0 saturated carbocycles. The fraction of sp³-hybridized carbons (Fsp3) is 0.250. The molecule has 0 unspecified atom stereocenters. The van der Waals surface area contributed by atoms with Gasteiger partial charge in [-0.25, -0.2) is 5.84 Å². The van der Waals surface area contributed by atoms with Crippen LogP contribution in [0.5, 0.6) is 5.75 Å². The maximum Gasteiger partial charge on any atom is 0.238 e. The number of amides is 1. The van der Waals surface area contributed by atoms with E-state index in [0.717, 1.165) is 40.9 Å². The zero-order valence-corrected chi connectivity index (χ0v) is 14.6. The number of methoxy groups -OCH3 is 1. The van der Waals surface area contributed by atoms with Gasteiger partial charge in [0.25, 0.3) is 0 Å². The molecule has 3 rings (SSSR count). The minimum Gasteiger partial charge on any atom is -0.497 e. The van der Waals surface area contributed by atoms with Crippen LogP contribution < -0.4 is 16.0 Å². The molecule has 0 spiro atoms. The van der Waals surface area contributed by atoms with Gasteiger partial charge in [0.1, 0.15) is 5.75 Å². The van der Waals surface area contributed by atoms with Crippen LogP contribution in [0.25, 0.3) is 10.9 Å². The van der Waals surface area contributed by atoms with Crippen molar-refractivity contribution in [2.24, 2.45) is 5.84 Å². The Bertz CT molecular complexity index is 885. The highest BCUT2D eigenvalue weighted by molar-refractivity contribution is 5.91. The zero-order valence-electron chi connectivity index (χ0n) is 14.6. The highest BCUT2D eigenvalue weighted by Gasteiger charge is 2.19. The monoisotopic (exact) mass is 337 g/mol.